The van der Waals surface area contributed by atoms with Gasteiger partial charge < -0.3 is 0 Å². The molecule has 33 heavy (non-hydrogen) atoms. The summed E-state index contributed by atoms with van der Waals surface area (Å²) < 4.78 is 13.5. The van der Waals surface area contributed by atoms with Crippen molar-refractivity contribution in [2.24, 2.45) is 0 Å². The van der Waals surface area contributed by atoms with E-state index in [0.29, 0.717) is 30.6 Å². The standard InChI is InChI=1S/C26H35FN4O2/c1-19-13-30(15-21-6-8-24(9-7-21)26(32)28-33)14-20(2)31(19)17-23-5-3-4-22(12-23)16-29-11-10-25(27)18-29/h3-9,12,19-20,25,33H,10-11,13-18H2,1-2H3,(H,28,32)/t19-,20+,25-/m1/s1. The minimum Gasteiger partial charge on any atom is -0.296 e. The number of hydroxylamine groups is 1. The van der Waals surface area contributed by atoms with Crippen LogP contribution in [0.15, 0.2) is 48.5 Å². The van der Waals surface area contributed by atoms with Crippen molar-refractivity contribution in [1.29, 1.82) is 0 Å². The zero-order chi connectivity index (χ0) is 23.4. The molecule has 2 heterocycles. The third-order valence-electron chi connectivity index (χ3n) is 6.88. The van der Waals surface area contributed by atoms with Gasteiger partial charge in [0, 0.05) is 63.5 Å². The number of halogens is 1. The Morgan fingerprint density at radius 3 is 2.18 bits per heavy atom. The minimum atomic E-state index is -0.677. The molecule has 2 N–H and O–H groups in total. The van der Waals surface area contributed by atoms with E-state index in [9.17, 15) is 9.18 Å². The van der Waals surface area contributed by atoms with Gasteiger partial charge >= 0.3 is 0 Å². The van der Waals surface area contributed by atoms with Crippen molar-refractivity contribution in [2.45, 2.75) is 58.2 Å². The summed E-state index contributed by atoms with van der Waals surface area (Å²) in [6.07, 6.45) is -0.0228. The zero-order valence-corrected chi connectivity index (χ0v) is 19.6. The van der Waals surface area contributed by atoms with Crippen LogP contribution in [0.3, 0.4) is 0 Å². The number of carbonyl (C=O) groups is 1. The van der Waals surface area contributed by atoms with Crippen molar-refractivity contribution in [3.63, 3.8) is 0 Å². The SMILES string of the molecule is C[C@@H]1CN(Cc2ccc(C(=O)NO)cc2)C[C@H](C)N1Cc1cccc(CN2CC[C@@H](F)C2)c1. The van der Waals surface area contributed by atoms with Crippen molar-refractivity contribution in [3.8, 4) is 0 Å². The first kappa shape index (κ1) is 23.8. The lowest BCUT2D eigenvalue weighted by Gasteiger charge is -2.44. The molecule has 2 aromatic rings. The Morgan fingerprint density at radius 1 is 0.939 bits per heavy atom. The Balaban J connectivity index is 1.33. The number of carbonyl (C=O) groups excluding carboxylic acids is 1. The van der Waals surface area contributed by atoms with Gasteiger partial charge in [0.2, 0.25) is 0 Å². The van der Waals surface area contributed by atoms with Crippen LogP contribution in [0, 0.1) is 0 Å². The van der Waals surface area contributed by atoms with Gasteiger partial charge in [-0.2, -0.15) is 0 Å². The van der Waals surface area contributed by atoms with Crippen molar-refractivity contribution in [1.82, 2.24) is 20.2 Å². The molecule has 0 unspecified atom stereocenters. The predicted molar refractivity (Wildman–Crippen MR) is 127 cm³/mol. The quantitative estimate of drug-likeness (QED) is 0.496. The first-order chi connectivity index (χ1) is 15.9. The van der Waals surface area contributed by atoms with Gasteiger partial charge in [-0.25, -0.2) is 9.87 Å². The van der Waals surface area contributed by atoms with E-state index in [4.69, 9.17) is 5.21 Å². The van der Waals surface area contributed by atoms with Gasteiger partial charge in [-0.15, -0.1) is 0 Å². The van der Waals surface area contributed by atoms with Crippen LogP contribution in [-0.2, 0) is 19.6 Å². The molecule has 7 heteroatoms. The Labute approximate surface area is 195 Å². The van der Waals surface area contributed by atoms with E-state index in [-0.39, 0.29) is 0 Å². The van der Waals surface area contributed by atoms with Gasteiger partial charge in [0.25, 0.3) is 5.91 Å². The molecule has 0 radical (unpaired) electrons. The van der Waals surface area contributed by atoms with Gasteiger partial charge in [0.15, 0.2) is 0 Å². The molecule has 6 nitrogen and oxygen atoms in total. The number of alkyl halides is 1. The van der Waals surface area contributed by atoms with E-state index < -0.39 is 12.1 Å². The number of likely N-dealkylation sites (tertiary alicyclic amines) is 1. The first-order valence-corrected chi connectivity index (χ1v) is 11.9. The third-order valence-corrected chi connectivity index (χ3v) is 6.88. The summed E-state index contributed by atoms with van der Waals surface area (Å²) in [5.41, 5.74) is 5.85. The molecule has 1 amide bonds. The van der Waals surface area contributed by atoms with Gasteiger partial charge in [-0.3, -0.25) is 24.7 Å². The fraction of sp³-hybridized carbons (Fsp3) is 0.500. The number of nitrogens with zero attached hydrogens (tertiary/aromatic N) is 3. The minimum absolute atomic E-state index is 0.419. The molecule has 0 aromatic heterocycles. The number of rotatable bonds is 7. The summed E-state index contributed by atoms with van der Waals surface area (Å²) in [4.78, 5) is 18.7. The molecule has 2 saturated heterocycles. The molecule has 2 aliphatic heterocycles. The van der Waals surface area contributed by atoms with E-state index >= 15 is 0 Å². The van der Waals surface area contributed by atoms with E-state index in [0.717, 1.165) is 44.8 Å². The van der Waals surface area contributed by atoms with Crippen LogP contribution in [0.5, 0.6) is 0 Å². The highest BCUT2D eigenvalue weighted by molar-refractivity contribution is 5.93. The van der Waals surface area contributed by atoms with Crippen LogP contribution in [0.25, 0.3) is 0 Å². The lowest BCUT2D eigenvalue weighted by atomic mass is 10.0. The number of amides is 1. The van der Waals surface area contributed by atoms with Crippen LogP contribution >= 0.6 is 0 Å². The van der Waals surface area contributed by atoms with Crippen molar-refractivity contribution < 1.29 is 14.4 Å². The molecule has 2 aliphatic rings. The topological polar surface area (TPSA) is 59.1 Å². The average Bonchev–Trinajstić information content (AvgIpc) is 3.21. The maximum absolute atomic E-state index is 13.5. The Kier molecular flexibility index (Phi) is 7.75. The number of piperazine rings is 1. The summed E-state index contributed by atoms with van der Waals surface area (Å²) in [6, 6.07) is 17.0. The average molecular weight is 455 g/mol. The maximum atomic E-state index is 13.5. The zero-order valence-electron chi connectivity index (χ0n) is 19.6. The van der Waals surface area contributed by atoms with Crippen LogP contribution in [0.1, 0.15) is 47.3 Å². The van der Waals surface area contributed by atoms with E-state index in [1.165, 1.54) is 11.1 Å². The second-order valence-electron chi connectivity index (χ2n) is 9.64. The second kappa shape index (κ2) is 10.7. The van der Waals surface area contributed by atoms with E-state index in [2.05, 4.69) is 52.8 Å². The lowest BCUT2D eigenvalue weighted by Crippen LogP contribution is -2.55. The Bertz CT molecular complexity index is 926. The van der Waals surface area contributed by atoms with Crippen LogP contribution < -0.4 is 5.48 Å². The van der Waals surface area contributed by atoms with Crippen LogP contribution in [0.2, 0.25) is 0 Å². The Hall–Kier alpha value is -2.32. The smallest absolute Gasteiger partial charge is 0.274 e. The summed E-state index contributed by atoms with van der Waals surface area (Å²) in [6.45, 7) is 10.5. The molecule has 2 aromatic carbocycles. The fourth-order valence-electron chi connectivity index (χ4n) is 5.22. The van der Waals surface area contributed by atoms with Gasteiger partial charge in [0.05, 0.1) is 0 Å². The Morgan fingerprint density at radius 2 is 1.58 bits per heavy atom. The highest BCUT2D eigenvalue weighted by Gasteiger charge is 2.29. The fourth-order valence-corrected chi connectivity index (χ4v) is 5.22. The summed E-state index contributed by atoms with van der Waals surface area (Å²) in [7, 11) is 0. The molecule has 2 fully saturated rings. The molecular weight excluding hydrogens is 419 g/mol. The number of hydrogen-bond acceptors (Lipinski definition) is 5. The second-order valence-corrected chi connectivity index (χ2v) is 9.64. The van der Waals surface area contributed by atoms with Gasteiger partial charge in [-0.05, 0) is 49.1 Å². The molecule has 3 atom stereocenters. The van der Waals surface area contributed by atoms with Crippen LogP contribution in [-0.4, -0.2) is 70.2 Å². The molecular formula is C26H35FN4O2. The van der Waals surface area contributed by atoms with E-state index in [1.807, 2.05) is 12.1 Å². The maximum Gasteiger partial charge on any atom is 0.274 e. The molecule has 178 valence electrons. The molecule has 0 aliphatic carbocycles. The highest BCUT2D eigenvalue weighted by Crippen LogP contribution is 2.22. The predicted octanol–water partition coefficient (Wildman–Crippen LogP) is 3.44. The number of nitrogens with one attached hydrogen (secondary N) is 1. The monoisotopic (exact) mass is 454 g/mol. The molecule has 0 saturated carbocycles. The number of hydrogen-bond donors (Lipinski definition) is 2. The van der Waals surface area contributed by atoms with Crippen LogP contribution in [0.4, 0.5) is 4.39 Å². The number of benzene rings is 2. The van der Waals surface area contributed by atoms with Crippen molar-refractivity contribution in [3.05, 3.63) is 70.8 Å². The van der Waals surface area contributed by atoms with E-state index in [1.54, 1.807) is 17.6 Å². The summed E-state index contributed by atoms with van der Waals surface area (Å²) in [5.74, 6) is -0.492. The molecule has 4 rings (SSSR count). The van der Waals surface area contributed by atoms with Crippen molar-refractivity contribution >= 4 is 5.91 Å². The molecule has 0 spiro atoms. The van der Waals surface area contributed by atoms with Crippen molar-refractivity contribution in [2.75, 3.05) is 26.2 Å². The largest absolute Gasteiger partial charge is 0.296 e. The summed E-state index contributed by atoms with van der Waals surface area (Å²) >= 11 is 0. The van der Waals surface area contributed by atoms with Gasteiger partial charge in [0.1, 0.15) is 6.17 Å². The third kappa shape index (κ3) is 6.18. The highest BCUT2D eigenvalue weighted by atomic mass is 19.1. The normalized spacial score (nSPS) is 24.8. The summed E-state index contributed by atoms with van der Waals surface area (Å²) in [5, 5.41) is 8.77. The van der Waals surface area contributed by atoms with Gasteiger partial charge in [-0.1, -0.05) is 36.4 Å². The first-order valence-electron chi connectivity index (χ1n) is 11.9. The molecule has 0 bridgehead atoms. The lowest BCUT2D eigenvalue weighted by molar-refractivity contribution is 0.0290.